The van der Waals surface area contributed by atoms with E-state index < -0.39 is 0 Å². The molecule has 1 saturated heterocycles. The van der Waals surface area contributed by atoms with Gasteiger partial charge in [-0.25, -0.2) is 0 Å². The van der Waals surface area contributed by atoms with Crippen LogP contribution in [0.2, 0.25) is 0 Å². The van der Waals surface area contributed by atoms with Crippen LogP contribution in [0.15, 0.2) is 30.6 Å². The minimum Gasteiger partial charge on any atom is -0.376 e. The molecule has 3 heterocycles. The Morgan fingerprint density at radius 3 is 3.09 bits per heavy atom. The van der Waals surface area contributed by atoms with Crippen molar-refractivity contribution in [2.75, 3.05) is 26.3 Å². The molecule has 1 aliphatic heterocycles. The van der Waals surface area contributed by atoms with Crippen LogP contribution in [-0.4, -0.2) is 47.8 Å². The second kappa shape index (κ2) is 7.14. The van der Waals surface area contributed by atoms with Crippen molar-refractivity contribution in [2.24, 2.45) is 0 Å². The van der Waals surface area contributed by atoms with Crippen molar-refractivity contribution < 1.29 is 9.47 Å². The van der Waals surface area contributed by atoms with Gasteiger partial charge in [-0.1, -0.05) is 6.07 Å². The minimum atomic E-state index is 0.105. The van der Waals surface area contributed by atoms with Gasteiger partial charge in [-0.05, 0) is 26.0 Å². The topological polar surface area (TPSA) is 49.9 Å². The molecule has 0 aromatic carbocycles. The molecule has 0 N–H and O–H groups in total. The Kier molecular flexibility index (Phi) is 4.97. The fraction of sp³-hybridized carbons (Fsp3) is 0.500. The van der Waals surface area contributed by atoms with Gasteiger partial charge in [-0.3, -0.25) is 4.90 Å². The fourth-order valence-electron chi connectivity index (χ4n) is 2.99. The van der Waals surface area contributed by atoms with E-state index in [1.54, 1.807) is 0 Å². The van der Waals surface area contributed by atoms with Crippen molar-refractivity contribution in [1.82, 2.24) is 9.30 Å². The molecule has 0 aliphatic carbocycles. The maximum Gasteiger partial charge on any atom is 0.102 e. The van der Waals surface area contributed by atoms with E-state index >= 15 is 0 Å². The van der Waals surface area contributed by atoms with E-state index in [1.165, 1.54) is 0 Å². The van der Waals surface area contributed by atoms with E-state index in [0.29, 0.717) is 13.2 Å². The molecule has 1 fully saturated rings. The van der Waals surface area contributed by atoms with Crippen LogP contribution in [0.25, 0.3) is 5.52 Å². The molecule has 0 amide bonds. The van der Waals surface area contributed by atoms with Gasteiger partial charge in [-0.2, -0.15) is 5.26 Å². The highest BCUT2D eigenvalue weighted by Gasteiger charge is 2.22. The van der Waals surface area contributed by atoms with Crippen LogP contribution in [0.5, 0.6) is 0 Å². The molecule has 5 nitrogen and oxygen atoms in total. The second-order valence-electron chi connectivity index (χ2n) is 6.24. The van der Waals surface area contributed by atoms with Crippen molar-refractivity contribution in [3.05, 3.63) is 41.7 Å². The van der Waals surface area contributed by atoms with Gasteiger partial charge in [-0.15, -0.1) is 0 Å². The van der Waals surface area contributed by atoms with E-state index in [1.807, 2.05) is 42.6 Å². The summed E-state index contributed by atoms with van der Waals surface area (Å²) in [6.07, 6.45) is 4.37. The number of ether oxygens (including phenoxy) is 2. The molecule has 1 atom stereocenters. The minimum absolute atomic E-state index is 0.105. The van der Waals surface area contributed by atoms with Gasteiger partial charge >= 0.3 is 0 Å². The zero-order valence-corrected chi connectivity index (χ0v) is 13.7. The van der Waals surface area contributed by atoms with Crippen molar-refractivity contribution >= 4 is 5.52 Å². The molecular formula is C18H23N3O2. The Bertz CT molecular complexity index is 702. The first-order chi connectivity index (χ1) is 11.2. The normalized spacial score (nSPS) is 19.3. The molecule has 0 saturated carbocycles. The summed E-state index contributed by atoms with van der Waals surface area (Å²) in [6.45, 7) is 7.89. The highest BCUT2D eigenvalue weighted by molar-refractivity contribution is 5.65. The zero-order chi connectivity index (χ0) is 16.2. The number of nitriles is 1. The molecule has 0 bridgehead atoms. The average molecular weight is 313 g/mol. The van der Waals surface area contributed by atoms with Crippen LogP contribution in [0.1, 0.15) is 25.0 Å². The molecule has 2 aromatic heterocycles. The lowest BCUT2D eigenvalue weighted by Gasteiger charge is -2.33. The van der Waals surface area contributed by atoms with Crippen LogP contribution in [0.4, 0.5) is 0 Å². The van der Waals surface area contributed by atoms with Crippen molar-refractivity contribution in [3.8, 4) is 6.07 Å². The predicted octanol–water partition coefficient (Wildman–Crippen LogP) is 2.44. The summed E-state index contributed by atoms with van der Waals surface area (Å²) in [5.74, 6) is 0. The van der Waals surface area contributed by atoms with Crippen LogP contribution < -0.4 is 0 Å². The molecule has 5 heteroatoms. The fourth-order valence-corrected chi connectivity index (χ4v) is 2.99. The summed E-state index contributed by atoms with van der Waals surface area (Å²) >= 11 is 0. The van der Waals surface area contributed by atoms with Crippen molar-refractivity contribution in [3.63, 3.8) is 0 Å². The SMILES string of the molecule is CC(C)OCC1CN(Cc2cn3ccccc3c2C#N)CCO1. The number of pyridine rings is 1. The summed E-state index contributed by atoms with van der Waals surface area (Å²) in [7, 11) is 0. The monoisotopic (exact) mass is 313 g/mol. The van der Waals surface area contributed by atoms with E-state index in [2.05, 4.69) is 17.2 Å². The first-order valence-corrected chi connectivity index (χ1v) is 8.11. The van der Waals surface area contributed by atoms with Gasteiger partial charge in [0.25, 0.3) is 0 Å². The highest BCUT2D eigenvalue weighted by atomic mass is 16.5. The van der Waals surface area contributed by atoms with E-state index in [9.17, 15) is 5.26 Å². The number of hydrogen-bond acceptors (Lipinski definition) is 4. The summed E-state index contributed by atoms with van der Waals surface area (Å²) < 4.78 is 13.5. The van der Waals surface area contributed by atoms with Crippen molar-refractivity contribution in [2.45, 2.75) is 32.6 Å². The third-order valence-corrected chi connectivity index (χ3v) is 4.11. The van der Waals surface area contributed by atoms with Crippen LogP contribution in [0.3, 0.4) is 0 Å². The van der Waals surface area contributed by atoms with Gasteiger partial charge in [0, 0.05) is 37.6 Å². The van der Waals surface area contributed by atoms with Gasteiger partial charge in [0.05, 0.1) is 36.5 Å². The Morgan fingerprint density at radius 2 is 2.30 bits per heavy atom. The summed E-state index contributed by atoms with van der Waals surface area (Å²) in [5, 5.41) is 9.51. The first kappa shape index (κ1) is 16.0. The molecule has 2 aromatic rings. The molecule has 0 radical (unpaired) electrons. The number of aromatic nitrogens is 1. The quantitative estimate of drug-likeness (QED) is 0.851. The number of rotatable bonds is 5. The Labute approximate surface area is 137 Å². The van der Waals surface area contributed by atoms with Gasteiger partial charge in [0.1, 0.15) is 6.07 Å². The molecule has 122 valence electrons. The van der Waals surface area contributed by atoms with Crippen LogP contribution in [0, 0.1) is 11.3 Å². The lowest BCUT2D eigenvalue weighted by Crippen LogP contribution is -2.44. The smallest absolute Gasteiger partial charge is 0.102 e. The van der Waals surface area contributed by atoms with Crippen LogP contribution >= 0.6 is 0 Å². The summed E-state index contributed by atoms with van der Waals surface area (Å²) in [4.78, 5) is 2.34. The lowest BCUT2D eigenvalue weighted by atomic mass is 10.1. The summed E-state index contributed by atoms with van der Waals surface area (Å²) in [6, 6.07) is 8.29. The largest absolute Gasteiger partial charge is 0.376 e. The Hall–Kier alpha value is -1.87. The van der Waals surface area contributed by atoms with E-state index in [4.69, 9.17) is 9.47 Å². The van der Waals surface area contributed by atoms with E-state index in [0.717, 1.165) is 36.3 Å². The number of morpholine rings is 1. The van der Waals surface area contributed by atoms with Gasteiger partial charge in [0.15, 0.2) is 0 Å². The highest BCUT2D eigenvalue weighted by Crippen LogP contribution is 2.20. The first-order valence-electron chi connectivity index (χ1n) is 8.11. The molecule has 3 rings (SSSR count). The third kappa shape index (κ3) is 3.73. The number of fused-ring (bicyclic) bond motifs is 1. The maximum atomic E-state index is 9.51. The Morgan fingerprint density at radius 1 is 1.43 bits per heavy atom. The lowest BCUT2D eigenvalue weighted by molar-refractivity contribution is -0.0814. The zero-order valence-electron chi connectivity index (χ0n) is 13.7. The van der Waals surface area contributed by atoms with Crippen LogP contribution in [-0.2, 0) is 16.0 Å². The molecule has 23 heavy (non-hydrogen) atoms. The second-order valence-corrected chi connectivity index (χ2v) is 6.24. The van der Waals surface area contributed by atoms with Gasteiger partial charge in [0.2, 0.25) is 0 Å². The maximum absolute atomic E-state index is 9.51. The average Bonchev–Trinajstić information content (AvgIpc) is 2.90. The van der Waals surface area contributed by atoms with E-state index in [-0.39, 0.29) is 12.2 Å². The molecule has 1 unspecified atom stereocenters. The summed E-state index contributed by atoms with van der Waals surface area (Å²) in [5.41, 5.74) is 2.81. The van der Waals surface area contributed by atoms with Crippen molar-refractivity contribution in [1.29, 1.82) is 5.26 Å². The predicted molar refractivity (Wildman–Crippen MR) is 88.2 cm³/mol. The molecule has 0 spiro atoms. The number of hydrogen-bond donors (Lipinski definition) is 0. The number of nitrogens with zero attached hydrogens (tertiary/aromatic N) is 3. The molecular weight excluding hydrogens is 290 g/mol. The Balaban J connectivity index is 1.70. The van der Waals surface area contributed by atoms with Gasteiger partial charge < -0.3 is 13.9 Å². The third-order valence-electron chi connectivity index (χ3n) is 4.11. The molecule has 1 aliphatic rings. The standard InChI is InChI=1S/C18H23N3O2/c1-14(2)23-13-16-12-20(7-8-22-16)10-15-11-21-6-4-3-5-18(21)17(15)9-19/h3-6,11,14,16H,7-8,10,12-13H2,1-2H3.